The Balaban J connectivity index is 3.14. The van der Waals surface area contributed by atoms with Crippen molar-refractivity contribution in [1.29, 1.82) is 0 Å². The Morgan fingerprint density at radius 3 is 2.77 bits per heavy atom. The van der Waals surface area contributed by atoms with Gasteiger partial charge < -0.3 is 4.57 Å². The third kappa shape index (κ3) is 2.52. The Morgan fingerprint density at radius 1 is 1.54 bits per heavy atom. The van der Waals surface area contributed by atoms with E-state index < -0.39 is 0 Å². The van der Waals surface area contributed by atoms with Gasteiger partial charge in [-0.25, -0.2) is 0 Å². The quantitative estimate of drug-likeness (QED) is 0.514. The van der Waals surface area contributed by atoms with Crippen molar-refractivity contribution in [2.75, 3.05) is 0 Å². The molecule has 1 rings (SSSR count). The van der Waals surface area contributed by atoms with Crippen molar-refractivity contribution in [3.63, 3.8) is 0 Å². The summed E-state index contributed by atoms with van der Waals surface area (Å²) in [6.45, 7) is 9.04. The number of aryl methyl sites for hydroxylation is 1. The third-order valence-electron chi connectivity index (χ3n) is 1.64. The van der Waals surface area contributed by atoms with Crippen LogP contribution >= 0.6 is 11.3 Å². The molecule has 3 nitrogen and oxygen atoms in total. The van der Waals surface area contributed by atoms with E-state index in [0.717, 1.165) is 17.1 Å². The Bertz CT molecular complexity index is 366. The Labute approximate surface area is 82.5 Å². The highest BCUT2D eigenvalue weighted by Crippen LogP contribution is 1.99. The first-order valence-corrected chi connectivity index (χ1v) is 5.23. The van der Waals surface area contributed by atoms with Crippen molar-refractivity contribution in [2.45, 2.75) is 34.2 Å². The Hall–Kier alpha value is -0.900. The van der Waals surface area contributed by atoms with Crippen LogP contribution in [0.4, 0.5) is 0 Å². The van der Waals surface area contributed by atoms with Crippen LogP contribution in [0.25, 0.3) is 0 Å². The van der Waals surface area contributed by atoms with E-state index in [2.05, 4.69) is 34.0 Å². The first kappa shape index (κ1) is 10.2. The molecule has 1 aromatic rings. The first-order valence-electron chi connectivity index (χ1n) is 4.35. The number of nitrogens with zero attached hydrogens (tertiary/aromatic N) is 3. The summed E-state index contributed by atoms with van der Waals surface area (Å²) in [4.78, 5) is 0.973. The highest BCUT2D eigenvalue weighted by atomic mass is 32.1. The van der Waals surface area contributed by atoms with Crippen LogP contribution in [0.1, 0.15) is 26.5 Å². The number of hydrogen-bond acceptors (Lipinski definition) is 3. The van der Waals surface area contributed by atoms with Crippen molar-refractivity contribution >= 4 is 17.0 Å². The van der Waals surface area contributed by atoms with Crippen LogP contribution in [0.3, 0.4) is 0 Å². The fraction of sp³-hybridized carbons (Fsp3) is 0.556. The molecule has 0 fully saturated rings. The summed E-state index contributed by atoms with van der Waals surface area (Å²) in [5.74, 6) is 0. The SMILES string of the molecule is CCn1c(C)csc1=NN=C(C)C. The molecule has 0 saturated heterocycles. The molecule has 72 valence electrons. The smallest absolute Gasteiger partial charge is 0.210 e. The van der Waals surface area contributed by atoms with Gasteiger partial charge in [-0.05, 0) is 27.7 Å². The number of thiazole rings is 1. The standard InChI is InChI=1S/C9H15N3S/c1-5-12-8(4)6-13-9(12)11-10-7(2)3/h6H,5H2,1-4H3. The zero-order chi connectivity index (χ0) is 9.84. The molecule has 13 heavy (non-hydrogen) atoms. The predicted molar refractivity (Wildman–Crippen MR) is 57.1 cm³/mol. The zero-order valence-corrected chi connectivity index (χ0v) is 9.35. The highest BCUT2D eigenvalue weighted by Gasteiger charge is 1.96. The number of rotatable bonds is 2. The summed E-state index contributed by atoms with van der Waals surface area (Å²) in [5, 5.41) is 10.3. The zero-order valence-electron chi connectivity index (χ0n) is 8.53. The van der Waals surface area contributed by atoms with Gasteiger partial charge in [-0.2, -0.15) is 5.10 Å². The summed E-state index contributed by atoms with van der Waals surface area (Å²) in [6.07, 6.45) is 0. The number of aromatic nitrogens is 1. The number of hydrogen-bond donors (Lipinski definition) is 0. The van der Waals surface area contributed by atoms with Crippen LogP contribution in [0.15, 0.2) is 15.6 Å². The van der Waals surface area contributed by atoms with Gasteiger partial charge in [0.05, 0.1) is 0 Å². The van der Waals surface area contributed by atoms with Crippen LogP contribution in [-0.4, -0.2) is 10.3 Å². The molecule has 0 aliphatic heterocycles. The summed E-state index contributed by atoms with van der Waals surface area (Å²) >= 11 is 1.63. The van der Waals surface area contributed by atoms with Crippen LogP contribution < -0.4 is 4.80 Å². The van der Waals surface area contributed by atoms with Crippen molar-refractivity contribution in [3.05, 3.63) is 15.9 Å². The van der Waals surface area contributed by atoms with Crippen molar-refractivity contribution < 1.29 is 0 Å². The predicted octanol–water partition coefficient (Wildman–Crippen LogP) is 2.17. The first-order chi connectivity index (χ1) is 6.15. The fourth-order valence-electron chi connectivity index (χ4n) is 1.02. The van der Waals surface area contributed by atoms with E-state index in [0.29, 0.717) is 0 Å². The molecule has 0 atom stereocenters. The van der Waals surface area contributed by atoms with Crippen molar-refractivity contribution in [3.8, 4) is 0 Å². The topological polar surface area (TPSA) is 29.6 Å². The Kier molecular flexibility index (Phi) is 3.42. The molecule has 0 spiro atoms. The second kappa shape index (κ2) is 4.37. The van der Waals surface area contributed by atoms with Gasteiger partial charge >= 0.3 is 0 Å². The van der Waals surface area contributed by atoms with Gasteiger partial charge in [0.25, 0.3) is 0 Å². The minimum Gasteiger partial charge on any atom is -0.320 e. The second-order valence-electron chi connectivity index (χ2n) is 3.05. The molecule has 0 aliphatic carbocycles. The highest BCUT2D eigenvalue weighted by molar-refractivity contribution is 7.07. The average Bonchev–Trinajstić information content (AvgIpc) is 2.42. The van der Waals surface area contributed by atoms with E-state index in [-0.39, 0.29) is 0 Å². The van der Waals surface area contributed by atoms with Gasteiger partial charge in [-0.1, -0.05) is 0 Å². The molecule has 0 bridgehead atoms. The van der Waals surface area contributed by atoms with Gasteiger partial charge in [0.1, 0.15) is 0 Å². The summed E-state index contributed by atoms with van der Waals surface area (Å²) in [6, 6.07) is 0. The molecule has 0 aromatic carbocycles. The van der Waals surface area contributed by atoms with Gasteiger partial charge in [-0.3, -0.25) is 0 Å². The second-order valence-corrected chi connectivity index (χ2v) is 3.89. The minimum absolute atomic E-state index is 0.951. The van der Waals surface area contributed by atoms with E-state index >= 15 is 0 Å². The maximum atomic E-state index is 4.17. The average molecular weight is 197 g/mol. The monoisotopic (exact) mass is 197 g/mol. The van der Waals surface area contributed by atoms with E-state index in [9.17, 15) is 0 Å². The lowest BCUT2D eigenvalue weighted by Crippen LogP contribution is -2.14. The minimum atomic E-state index is 0.951. The molecule has 0 radical (unpaired) electrons. The normalized spacial score (nSPS) is 11.8. The van der Waals surface area contributed by atoms with Crippen LogP contribution in [0, 0.1) is 6.92 Å². The maximum absolute atomic E-state index is 4.17. The van der Waals surface area contributed by atoms with E-state index in [4.69, 9.17) is 0 Å². The van der Waals surface area contributed by atoms with E-state index in [1.54, 1.807) is 11.3 Å². The largest absolute Gasteiger partial charge is 0.320 e. The summed E-state index contributed by atoms with van der Waals surface area (Å²) in [5.41, 5.74) is 2.23. The lowest BCUT2D eigenvalue weighted by molar-refractivity contribution is 0.705. The summed E-state index contributed by atoms with van der Waals surface area (Å²) in [7, 11) is 0. The molecule has 0 saturated carbocycles. The van der Waals surface area contributed by atoms with E-state index in [1.165, 1.54) is 5.69 Å². The molecule has 0 amide bonds. The third-order valence-corrected chi connectivity index (χ3v) is 2.62. The van der Waals surface area contributed by atoms with Crippen LogP contribution in [-0.2, 0) is 6.54 Å². The Morgan fingerprint density at radius 2 is 2.23 bits per heavy atom. The molecule has 0 aliphatic rings. The molecule has 1 aromatic heterocycles. The van der Waals surface area contributed by atoms with E-state index in [1.807, 2.05) is 13.8 Å². The van der Waals surface area contributed by atoms with Crippen molar-refractivity contribution in [1.82, 2.24) is 4.57 Å². The van der Waals surface area contributed by atoms with Crippen molar-refractivity contribution in [2.24, 2.45) is 10.2 Å². The molecular weight excluding hydrogens is 182 g/mol. The fourth-order valence-corrected chi connectivity index (χ4v) is 1.91. The van der Waals surface area contributed by atoms with Gasteiger partial charge in [0, 0.05) is 23.3 Å². The van der Waals surface area contributed by atoms with Gasteiger partial charge in [0.15, 0.2) is 0 Å². The van der Waals surface area contributed by atoms with Gasteiger partial charge in [-0.15, -0.1) is 16.4 Å². The molecule has 0 unspecified atom stereocenters. The lowest BCUT2D eigenvalue weighted by Gasteiger charge is -1.98. The maximum Gasteiger partial charge on any atom is 0.210 e. The molecule has 0 N–H and O–H groups in total. The van der Waals surface area contributed by atoms with Gasteiger partial charge in [0.2, 0.25) is 4.80 Å². The summed E-state index contributed by atoms with van der Waals surface area (Å²) < 4.78 is 2.15. The molecule has 1 heterocycles. The van der Waals surface area contributed by atoms with Crippen LogP contribution in [0.5, 0.6) is 0 Å². The lowest BCUT2D eigenvalue weighted by atomic mass is 10.5. The molecular formula is C9H15N3S. The molecule has 4 heteroatoms. The van der Waals surface area contributed by atoms with Crippen LogP contribution in [0.2, 0.25) is 0 Å².